The van der Waals surface area contributed by atoms with Gasteiger partial charge in [0, 0.05) is 18.3 Å². The highest BCUT2D eigenvalue weighted by Gasteiger charge is 2.25. The molecule has 0 saturated carbocycles. The Morgan fingerprint density at radius 3 is 1.76 bits per heavy atom. The van der Waals surface area contributed by atoms with Crippen molar-refractivity contribution in [1.29, 1.82) is 0 Å². The van der Waals surface area contributed by atoms with Crippen LogP contribution in [0, 0.1) is 5.92 Å². The van der Waals surface area contributed by atoms with Gasteiger partial charge < -0.3 is 4.98 Å². The van der Waals surface area contributed by atoms with Crippen molar-refractivity contribution in [3.05, 3.63) is 54.1 Å². The molecule has 2 rings (SSSR count). The van der Waals surface area contributed by atoms with Gasteiger partial charge in [-0.05, 0) is 30.7 Å². The monoisotopic (exact) mass is 452 g/mol. The average Bonchev–Trinajstić information content (AvgIpc) is 3.37. The molecule has 2 nitrogen and oxygen atoms in total. The van der Waals surface area contributed by atoms with E-state index in [2.05, 4.69) is 49.2 Å². The Morgan fingerprint density at radius 2 is 1.21 bits per heavy atom. The number of hydrogen-bond donors (Lipinski definition) is 1. The topological polar surface area (TPSA) is 28.7 Å². The Labute approximate surface area is 205 Å². The molecule has 33 heavy (non-hydrogen) atoms. The fraction of sp³-hybridized carbons (Fsp3) is 0.710. The van der Waals surface area contributed by atoms with Gasteiger partial charge in [-0.3, -0.25) is 0 Å². The normalized spacial score (nSPS) is 13.3. The fourth-order valence-electron chi connectivity index (χ4n) is 5.30. The summed E-state index contributed by atoms with van der Waals surface area (Å²) in [5, 5.41) is 0. The molecule has 1 N–H and O–H groups in total. The second kappa shape index (κ2) is 18.8. The number of aromatic nitrogens is 2. The summed E-state index contributed by atoms with van der Waals surface area (Å²) in [6.45, 7) is 4.60. The predicted octanol–water partition coefficient (Wildman–Crippen LogP) is 10.0. The van der Waals surface area contributed by atoms with Gasteiger partial charge in [0.1, 0.15) is 5.82 Å². The molecule has 0 amide bonds. The van der Waals surface area contributed by atoms with Gasteiger partial charge >= 0.3 is 0 Å². The maximum atomic E-state index is 4.75. The minimum absolute atomic E-state index is 0.556. The highest BCUT2D eigenvalue weighted by molar-refractivity contribution is 5.16. The van der Waals surface area contributed by atoms with E-state index in [9.17, 15) is 0 Å². The van der Waals surface area contributed by atoms with Crippen LogP contribution >= 0.6 is 0 Å². The first-order valence-electron chi connectivity index (χ1n) is 14.4. The maximum absolute atomic E-state index is 4.75. The first kappa shape index (κ1) is 27.7. The third-order valence-corrected chi connectivity index (χ3v) is 7.33. The van der Waals surface area contributed by atoms with Crippen LogP contribution in [0.3, 0.4) is 0 Å². The van der Waals surface area contributed by atoms with Gasteiger partial charge in [-0.2, -0.15) is 0 Å². The Balaban J connectivity index is 1.85. The van der Waals surface area contributed by atoms with Gasteiger partial charge in [0.25, 0.3) is 0 Å². The number of rotatable bonds is 21. The van der Waals surface area contributed by atoms with Gasteiger partial charge in [-0.1, -0.05) is 140 Å². The van der Waals surface area contributed by atoms with E-state index in [-0.39, 0.29) is 0 Å². The molecule has 0 bridgehead atoms. The molecule has 0 radical (unpaired) electrons. The van der Waals surface area contributed by atoms with Gasteiger partial charge in [0.15, 0.2) is 0 Å². The minimum atomic E-state index is 0.556. The fourth-order valence-corrected chi connectivity index (χ4v) is 5.30. The Morgan fingerprint density at radius 1 is 0.667 bits per heavy atom. The molecule has 0 saturated heterocycles. The van der Waals surface area contributed by atoms with Crippen LogP contribution in [0.4, 0.5) is 0 Å². The van der Waals surface area contributed by atoms with Gasteiger partial charge in [-0.15, -0.1) is 0 Å². The summed E-state index contributed by atoms with van der Waals surface area (Å²) in [7, 11) is 0. The van der Waals surface area contributed by atoms with E-state index in [1.54, 1.807) is 0 Å². The van der Waals surface area contributed by atoms with Crippen LogP contribution in [0.15, 0.2) is 42.7 Å². The number of unbranched alkanes of at least 4 members (excludes halogenated alkanes) is 13. The van der Waals surface area contributed by atoms with Gasteiger partial charge in [-0.25, -0.2) is 4.98 Å². The lowest BCUT2D eigenvalue weighted by Crippen LogP contribution is -2.18. The number of nitrogens with one attached hydrogen (secondary N) is 1. The summed E-state index contributed by atoms with van der Waals surface area (Å²) < 4.78 is 0. The third-order valence-electron chi connectivity index (χ3n) is 7.33. The van der Waals surface area contributed by atoms with E-state index in [0.717, 1.165) is 0 Å². The van der Waals surface area contributed by atoms with Crippen LogP contribution in [0.2, 0.25) is 0 Å². The summed E-state index contributed by atoms with van der Waals surface area (Å²) in [6.07, 6.45) is 28.6. The smallest absolute Gasteiger partial charge is 0.109 e. The van der Waals surface area contributed by atoms with Crippen LogP contribution in [0.25, 0.3) is 0 Å². The molecule has 2 unspecified atom stereocenters. The second-order valence-corrected chi connectivity index (χ2v) is 10.2. The lowest BCUT2D eigenvalue weighted by molar-refractivity contribution is 0.339. The number of benzene rings is 1. The average molecular weight is 453 g/mol. The zero-order chi connectivity index (χ0) is 23.4. The molecular formula is C31H52N2. The van der Waals surface area contributed by atoms with E-state index in [1.165, 1.54) is 127 Å². The van der Waals surface area contributed by atoms with Crippen molar-refractivity contribution >= 4 is 0 Å². The van der Waals surface area contributed by atoms with E-state index in [0.29, 0.717) is 11.8 Å². The molecule has 186 valence electrons. The van der Waals surface area contributed by atoms with Gasteiger partial charge in [0.05, 0.1) is 0 Å². The number of imidazole rings is 1. The second-order valence-electron chi connectivity index (χ2n) is 10.2. The summed E-state index contributed by atoms with van der Waals surface area (Å²) in [5.41, 5.74) is 1.48. The van der Waals surface area contributed by atoms with E-state index < -0.39 is 0 Å². The highest BCUT2D eigenvalue weighted by atomic mass is 14.9. The molecule has 0 fully saturated rings. The quantitative estimate of drug-likeness (QED) is 0.187. The highest BCUT2D eigenvalue weighted by Crippen LogP contribution is 2.34. The van der Waals surface area contributed by atoms with E-state index in [1.807, 2.05) is 12.4 Å². The van der Waals surface area contributed by atoms with Crippen LogP contribution < -0.4 is 0 Å². The molecule has 2 aromatic rings. The minimum Gasteiger partial charge on any atom is -0.348 e. The van der Waals surface area contributed by atoms with Crippen LogP contribution in [-0.4, -0.2) is 9.97 Å². The first-order chi connectivity index (χ1) is 16.3. The molecule has 0 aliphatic rings. The maximum Gasteiger partial charge on any atom is 0.109 e. The lowest BCUT2D eigenvalue weighted by Gasteiger charge is -2.26. The van der Waals surface area contributed by atoms with Crippen molar-refractivity contribution in [2.45, 2.75) is 135 Å². The zero-order valence-corrected chi connectivity index (χ0v) is 21.9. The van der Waals surface area contributed by atoms with E-state index >= 15 is 0 Å². The molecule has 1 heterocycles. The third kappa shape index (κ3) is 12.5. The molecule has 0 spiro atoms. The zero-order valence-electron chi connectivity index (χ0n) is 21.9. The lowest BCUT2D eigenvalue weighted by atomic mass is 9.79. The molecule has 1 aromatic carbocycles. The van der Waals surface area contributed by atoms with Gasteiger partial charge in [0.2, 0.25) is 0 Å². The predicted molar refractivity (Wildman–Crippen MR) is 145 cm³/mol. The molecule has 0 aliphatic carbocycles. The van der Waals surface area contributed by atoms with Crippen molar-refractivity contribution in [3.8, 4) is 0 Å². The van der Waals surface area contributed by atoms with Crippen LogP contribution in [-0.2, 0) is 6.42 Å². The number of aromatic amines is 1. The van der Waals surface area contributed by atoms with Crippen molar-refractivity contribution in [1.82, 2.24) is 9.97 Å². The number of nitrogens with zero attached hydrogens (tertiary/aromatic N) is 1. The van der Waals surface area contributed by atoms with Crippen molar-refractivity contribution in [2.75, 3.05) is 0 Å². The van der Waals surface area contributed by atoms with Crippen molar-refractivity contribution in [2.24, 2.45) is 5.92 Å². The largest absolute Gasteiger partial charge is 0.348 e. The van der Waals surface area contributed by atoms with E-state index in [4.69, 9.17) is 4.98 Å². The van der Waals surface area contributed by atoms with Crippen molar-refractivity contribution < 1.29 is 0 Å². The van der Waals surface area contributed by atoms with Crippen LogP contribution in [0.1, 0.15) is 140 Å². The standard InChI is InChI=1S/C31H52N2/c1-3-5-7-9-10-11-12-13-15-20-24-30(31-32-25-26-33-31)29(23-19-14-8-6-4-2)27-28-21-17-16-18-22-28/h16-18,21-22,25-26,29-30H,3-15,19-20,23-24,27H2,1-2H3,(H,32,33). The molecule has 2 heteroatoms. The van der Waals surface area contributed by atoms with Crippen molar-refractivity contribution in [3.63, 3.8) is 0 Å². The Hall–Kier alpha value is -1.57. The number of hydrogen-bond acceptors (Lipinski definition) is 1. The molecule has 1 aromatic heterocycles. The molecule has 0 aliphatic heterocycles. The Kier molecular flexibility index (Phi) is 15.8. The van der Waals surface area contributed by atoms with Crippen LogP contribution in [0.5, 0.6) is 0 Å². The summed E-state index contributed by atoms with van der Waals surface area (Å²) in [5.74, 6) is 2.46. The first-order valence-corrected chi connectivity index (χ1v) is 14.4. The SMILES string of the molecule is CCCCCCCCCCCCC(c1ncc[nH]1)C(CCCCCCC)Cc1ccccc1. The summed E-state index contributed by atoms with van der Waals surface area (Å²) >= 11 is 0. The number of H-pyrrole nitrogens is 1. The molecular weight excluding hydrogens is 400 g/mol. The Bertz CT molecular complexity index is 649. The molecule has 2 atom stereocenters. The summed E-state index contributed by atoms with van der Waals surface area (Å²) in [6, 6.07) is 11.1. The summed E-state index contributed by atoms with van der Waals surface area (Å²) in [4.78, 5) is 8.23.